The molecule has 5 nitrogen and oxygen atoms in total. The highest BCUT2D eigenvalue weighted by Crippen LogP contribution is 2.14. The lowest BCUT2D eigenvalue weighted by atomic mass is 10.1. The number of hydrogen-bond acceptors (Lipinski definition) is 4. The fourth-order valence-electron chi connectivity index (χ4n) is 1.81. The molecule has 21 heavy (non-hydrogen) atoms. The molecule has 5 heteroatoms. The van der Waals surface area contributed by atoms with Gasteiger partial charge in [-0.05, 0) is 51.3 Å². The molecule has 1 amide bonds. The second-order valence-corrected chi connectivity index (χ2v) is 6.03. The summed E-state index contributed by atoms with van der Waals surface area (Å²) >= 11 is 0. The van der Waals surface area contributed by atoms with Crippen LogP contribution in [0.1, 0.15) is 32.8 Å². The average molecular weight is 294 g/mol. The first-order valence-electron chi connectivity index (χ1n) is 7.15. The molecule has 0 saturated carbocycles. The van der Waals surface area contributed by atoms with Crippen LogP contribution in [0.5, 0.6) is 5.75 Å². The van der Waals surface area contributed by atoms with Gasteiger partial charge in [0, 0.05) is 12.6 Å². The van der Waals surface area contributed by atoms with Crippen LogP contribution in [-0.4, -0.2) is 31.4 Å². The number of hydrogen-bond donors (Lipinski definition) is 2. The number of benzene rings is 1. The maximum atomic E-state index is 11.5. The molecule has 0 spiro atoms. The van der Waals surface area contributed by atoms with Gasteiger partial charge in [-0.25, -0.2) is 4.79 Å². The predicted molar refractivity (Wildman–Crippen MR) is 83.5 cm³/mol. The molecular weight excluding hydrogens is 268 g/mol. The molecule has 1 rings (SSSR count). The summed E-state index contributed by atoms with van der Waals surface area (Å²) in [5, 5.41) is 2.69. The Morgan fingerprint density at radius 3 is 2.71 bits per heavy atom. The fourth-order valence-corrected chi connectivity index (χ4v) is 1.81. The standard InChI is InChI=1S/C16H26N2O3/c1-16(2,3)21-15(19)18-11-13(17)9-8-12-6-5-7-14(10-12)20-4/h5-7,10,13H,8-9,11,17H2,1-4H3,(H,18,19). The van der Waals surface area contributed by atoms with Crippen molar-refractivity contribution in [1.29, 1.82) is 0 Å². The summed E-state index contributed by atoms with van der Waals surface area (Å²) in [5.74, 6) is 0.841. The second-order valence-electron chi connectivity index (χ2n) is 6.03. The highest BCUT2D eigenvalue weighted by Gasteiger charge is 2.16. The molecule has 0 saturated heterocycles. The smallest absolute Gasteiger partial charge is 0.407 e. The number of ether oxygens (including phenoxy) is 2. The number of alkyl carbamates (subject to hydrolysis) is 1. The first kappa shape index (κ1) is 17.3. The van der Waals surface area contributed by atoms with Crippen LogP contribution < -0.4 is 15.8 Å². The summed E-state index contributed by atoms with van der Waals surface area (Å²) in [5.41, 5.74) is 6.68. The number of nitrogens with two attached hydrogens (primary N) is 1. The Hall–Kier alpha value is -1.75. The Labute approximate surface area is 126 Å². The van der Waals surface area contributed by atoms with Crippen LogP contribution in [0.3, 0.4) is 0 Å². The third-order valence-corrected chi connectivity index (χ3v) is 2.85. The van der Waals surface area contributed by atoms with Crippen LogP contribution in [0.25, 0.3) is 0 Å². The fraction of sp³-hybridized carbons (Fsp3) is 0.562. The molecular formula is C16H26N2O3. The summed E-state index contributed by atoms with van der Waals surface area (Å²) in [4.78, 5) is 11.5. The van der Waals surface area contributed by atoms with Crippen LogP contribution >= 0.6 is 0 Å². The van der Waals surface area contributed by atoms with Crippen LogP contribution in [0.4, 0.5) is 4.79 Å². The maximum absolute atomic E-state index is 11.5. The molecule has 1 unspecified atom stereocenters. The molecule has 0 bridgehead atoms. The number of aryl methyl sites for hydroxylation is 1. The van der Waals surface area contributed by atoms with E-state index in [-0.39, 0.29) is 6.04 Å². The molecule has 0 aliphatic rings. The highest BCUT2D eigenvalue weighted by molar-refractivity contribution is 5.67. The van der Waals surface area contributed by atoms with Gasteiger partial charge in [-0.15, -0.1) is 0 Å². The lowest BCUT2D eigenvalue weighted by molar-refractivity contribution is 0.0524. The van der Waals surface area contributed by atoms with Gasteiger partial charge in [-0.3, -0.25) is 0 Å². The Bertz CT molecular complexity index is 455. The van der Waals surface area contributed by atoms with Crippen molar-refractivity contribution >= 4 is 6.09 Å². The van der Waals surface area contributed by atoms with Gasteiger partial charge in [-0.2, -0.15) is 0 Å². The predicted octanol–water partition coefficient (Wildman–Crippen LogP) is 2.48. The second kappa shape index (κ2) is 7.88. The molecule has 0 heterocycles. The van der Waals surface area contributed by atoms with E-state index in [0.717, 1.165) is 18.6 Å². The number of nitrogens with one attached hydrogen (secondary N) is 1. The molecule has 1 aromatic rings. The highest BCUT2D eigenvalue weighted by atomic mass is 16.6. The van der Waals surface area contributed by atoms with Gasteiger partial charge >= 0.3 is 6.09 Å². The Kier molecular flexibility index (Phi) is 6.49. The number of methoxy groups -OCH3 is 1. The van der Waals surface area contributed by atoms with Gasteiger partial charge in [0.2, 0.25) is 0 Å². The van der Waals surface area contributed by atoms with E-state index in [4.69, 9.17) is 15.2 Å². The molecule has 0 aromatic heterocycles. The summed E-state index contributed by atoms with van der Waals surface area (Å²) < 4.78 is 10.3. The van der Waals surface area contributed by atoms with Crippen molar-refractivity contribution < 1.29 is 14.3 Å². The minimum Gasteiger partial charge on any atom is -0.497 e. The number of carbonyl (C=O) groups excluding carboxylic acids is 1. The zero-order valence-electron chi connectivity index (χ0n) is 13.3. The van der Waals surface area contributed by atoms with Crippen molar-refractivity contribution in [3.63, 3.8) is 0 Å². The first-order valence-corrected chi connectivity index (χ1v) is 7.15. The van der Waals surface area contributed by atoms with Gasteiger partial charge in [0.25, 0.3) is 0 Å². The zero-order chi connectivity index (χ0) is 15.9. The molecule has 0 aliphatic carbocycles. The monoisotopic (exact) mass is 294 g/mol. The van der Waals surface area contributed by atoms with Crippen molar-refractivity contribution in [3.8, 4) is 5.75 Å². The maximum Gasteiger partial charge on any atom is 0.407 e. The Balaban J connectivity index is 2.30. The van der Waals surface area contributed by atoms with Crippen molar-refractivity contribution in [2.75, 3.05) is 13.7 Å². The number of carbonyl (C=O) groups is 1. The van der Waals surface area contributed by atoms with E-state index in [0.29, 0.717) is 6.54 Å². The topological polar surface area (TPSA) is 73.6 Å². The quantitative estimate of drug-likeness (QED) is 0.845. The summed E-state index contributed by atoms with van der Waals surface area (Å²) in [7, 11) is 1.65. The third-order valence-electron chi connectivity index (χ3n) is 2.85. The van der Waals surface area contributed by atoms with Crippen LogP contribution in [0, 0.1) is 0 Å². The van der Waals surface area contributed by atoms with E-state index in [2.05, 4.69) is 5.32 Å². The van der Waals surface area contributed by atoms with Crippen molar-refractivity contribution in [3.05, 3.63) is 29.8 Å². The Morgan fingerprint density at radius 2 is 2.10 bits per heavy atom. The van der Waals surface area contributed by atoms with E-state index in [1.54, 1.807) is 7.11 Å². The van der Waals surface area contributed by atoms with Crippen LogP contribution in [-0.2, 0) is 11.2 Å². The van der Waals surface area contributed by atoms with Crippen LogP contribution in [0.15, 0.2) is 24.3 Å². The largest absolute Gasteiger partial charge is 0.497 e. The SMILES string of the molecule is COc1cccc(CCC(N)CNC(=O)OC(C)(C)C)c1. The molecule has 0 radical (unpaired) electrons. The van der Waals surface area contributed by atoms with E-state index in [1.165, 1.54) is 5.56 Å². The third kappa shape index (κ3) is 7.56. The lowest BCUT2D eigenvalue weighted by Crippen LogP contribution is -2.40. The molecule has 118 valence electrons. The first-order chi connectivity index (χ1) is 9.80. The van der Waals surface area contributed by atoms with Gasteiger partial charge in [0.05, 0.1) is 7.11 Å². The van der Waals surface area contributed by atoms with Crippen molar-refractivity contribution in [2.45, 2.75) is 45.3 Å². The normalized spacial score (nSPS) is 12.6. The zero-order valence-corrected chi connectivity index (χ0v) is 13.3. The summed E-state index contributed by atoms with van der Waals surface area (Å²) in [6, 6.07) is 7.79. The van der Waals surface area contributed by atoms with Gasteiger partial charge in [-0.1, -0.05) is 12.1 Å². The number of rotatable bonds is 6. The van der Waals surface area contributed by atoms with Crippen molar-refractivity contribution in [2.24, 2.45) is 5.73 Å². The van der Waals surface area contributed by atoms with Crippen LogP contribution in [0.2, 0.25) is 0 Å². The lowest BCUT2D eigenvalue weighted by Gasteiger charge is -2.20. The van der Waals surface area contributed by atoms with E-state index < -0.39 is 11.7 Å². The Morgan fingerprint density at radius 1 is 1.38 bits per heavy atom. The van der Waals surface area contributed by atoms with E-state index in [9.17, 15) is 4.79 Å². The minimum absolute atomic E-state index is 0.108. The van der Waals surface area contributed by atoms with E-state index in [1.807, 2.05) is 45.0 Å². The van der Waals surface area contributed by atoms with Crippen molar-refractivity contribution in [1.82, 2.24) is 5.32 Å². The molecule has 3 N–H and O–H groups in total. The van der Waals surface area contributed by atoms with Gasteiger partial charge < -0.3 is 20.5 Å². The molecule has 0 aliphatic heterocycles. The molecule has 1 aromatic carbocycles. The van der Waals surface area contributed by atoms with Gasteiger partial charge in [0.15, 0.2) is 0 Å². The summed E-state index contributed by atoms with van der Waals surface area (Å²) in [6.07, 6.45) is 1.19. The van der Waals surface area contributed by atoms with E-state index >= 15 is 0 Å². The van der Waals surface area contributed by atoms with Gasteiger partial charge in [0.1, 0.15) is 11.4 Å². The minimum atomic E-state index is -0.491. The summed E-state index contributed by atoms with van der Waals surface area (Å²) in [6.45, 7) is 5.89. The number of amides is 1. The molecule has 1 atom stereocenters. The average Bonchev–Trinajstić information content (AvgIpc) is 2.41. The molecule has 0 fully saturated rings.